The lowest BCUT2D eigenvalue weighted by molar-refractivity contribution is 0.372. The quantitative estimate of drug-likeness (QED) is 0.278. The van der Waals surface area contributed by atoms with Gasteiger partial charge in [0.2, 0.25) is 0 Å². The van der Waals surface area contributed by atoms with Crippen LogP contribution in [0.4, 0.5) is 0 Å². The fourth-order valence-electron chi connectivity index (χ4n) is 12.1. The lowest BCUT2D eigenvalue weighted by Crippen LogP contribution is -2.47. The summed E-state index contributed by atoms with van der Waals surface area (Å²) in [6.45, 7) is 27.5. The molecule has 7 rings (SSSR count). The normalized spacial score (nSPS) is 31.8. The van der Waals surface area contributed by atoms with Crippen LogP contribution in [0.5, 0.6) is 0 Å². The van der Waals surface area contributed by atoms with Crippen LogP contribution in [0, 0.1) is 41.4 Å². The molecule has 262 valence electrons. The average Bonchev–Trinajstić information content (AvgIpc) is 3.61. The Balaban J connectivity index is 1.24. The third-order valence-electron chi connectivity index (χ3n) is 14.3. The molecule has 0 saturated heterocycles. The van der Waals surface area contributed by atoms with E-state index in [1.807, 2.05) is 0 Å². The molecule has 3 fully saturated rings. The third-order valence-corrected chi connectivity index (χ3v) is 19.5. The van der Waals surface area contributed by atoms with E-state index in [9.17, 15) is 0 Å². The van der Waals surface area contributed by atoms with Gasteiger partial charge in [-0.05, 0) is 146 Å². The fourth-order valence-corrected chi connectivity index (χ4v) is 18.4. The van der Waals surface area contributed by atoms with Crippen molar-refractivity contribution < 1.29 is 0 Å². The van der Waals surface area contributed by atoms with Gasteiger partial charge in [-0.15, -0.1) is 0 Å². The van der Waals surface area contributed by atoms with Crippen LogP contribution >= 0.6 is 0 Å². The van der Waals surface area contributed by atoms with Crippen LogP contribution in [-0.4, -0.2) is 8.07 Å². The zero-order valence-corrected chi connectivity index (χ0v) is 33.9. The van der Waals surface area contributed by atoms with Crippen molar-refractivity contribution in [3.8, 4) is 0 Å². The van der Waals surface area contributed by atoms with Crippen LogP contribution in [0.2, 0.25) is 24.2 Å². The molecule has 0 N–H and O–H groups in total. The van der Waals surface area contributed by atoms with Gasteiger partial charge in [0.15, 0.2) is 0 Å². The molecule has 0 spiro atoms. The number of fused-ring (bicyclic) bond motifs is 3. The van der Waals surface area contributed by atoms with Gasteiger partial charge >= 0.3 is 0 Å². The van der Waals surface area contributed by atoms with Crippen LogP contribution in [-0.2, 0) is 10.8 Å². The van der Waals surface area contributed by atoms with E-state index in [1.54, 1.807) is 22.3 Å². The summed E-state index contributed by atoms with van der Waals surface area (Å²) >= 11 is 0. The maximum absolute atomic E-state index is 2.89. The molecule has 2 aromatic rings. The minimum Gasteiger partial charge on any atom is -0.0808 e. The maximum atomic E-state index is 2.89. The molecule has 0 aromatic heterocycles. The first kappa shape index (κ1) is 35.0. The van der Waals surface area contributed by atoms with Gasteiger partial charge < -0.3 is 0 Å². The standard InChI is InChI=1S/C48H66Si/c1-30(2)40-29-41-37(32-19-23-35(24-20-32)47(4,5)6)17-14-18-39(41)46(40)49(10,11)45-31(3)27-42-43(45)28-34-15-12-13-16-38(34)44(42)33-21-25-36(26-22-33)48(7,8)9/h14,17-26,28,30-31,39-43,45-46H,12-13,15-16,27,29H2,1-11H3/t31?,39?,40?,41-,42+,43?,45?,46-/m0/s1. The minimum absolute atomic E-state index is 0.187. The molecule has 1 heteroatoms. The lowest BCUT2D eigenvalue weighted by Gasteiger charge is -2.47. The van der Waals surface area contributed by atoms with Crippen LogP contribution < -0.4 is 0 Å². The average molecular weight is 671 g/mol. The summed E-state index contributed by atoms with van der Waals surface area (Å²) in [6, 6.07) is 19.5. The van der Waals surface area contributed by atoms with Gasteiger partial charge in [0.1, 0.15) is 0 Å². The first-order valence-corrected chi connectivity index (χ1v) is 23.3. The van der Waals surface area contributed by atoms with Gasteiger partial charge in [0.05, 0.1) is 8.07 Å². The molecule has 5 aliphatic rings. The molecule has 5 aliphatic carbocycles. The van der Waals surface area contributed by atoms with Crippen LogP contribution in [0.25, 0.3) is 11.1 Å². The van der Waals surface area contributed by atoms with Crippen molar-refractivity contribution in [1.82, 2.24) is 0 Å². The highest BCUT2D eigenvalue weighted by Gasteiger charge is 2.59. The van der Waals surface area contributed by atoms with E-state index < -0.39 is 8.07 Å². The molecule has 0 nitrogen and oxygen atoms in total. The van der Waals surface area contributed by atoms with Crippen molar-refractivity contribution in [3.63, 3.8) is 0 Å². The van der Waals surface area contributed by atoms with Gasteiger partial charge in [-0.1, -0.05) is 148 Å². The second kappa shape index (κ2) is 12.7. The Morgan fingerprint density at radius 1 is 0.694 bits per heavy atom. The van der Waals surface area contributed by atoms with Gasteiger partial charge in [-0.3, -0.25) is 0 Å². The van der Waals surface area contributed by atoms with E-state index in [2.05, 4.69) is 148 Å². The Morgan fingerprint density at radius 3 is 1.88 bits per heavy atom. The minimum atomic E-state index is -1.77. The third kappa shape index (κ3) is 6.17. The Kier molecular flexibility index (Phi) is 9.07. The number of allylic oxidation sites excluding steroid dienone is 8. The van der Waals surface area contributed by atoms with Crippen molar-refractivity contribution in [2.75, 3.05) is 0 Å². The van der Waals surface area contributed by atoms with Gasteiger partial charge in [-0.25, -0.2) is 0 Å². The molecule has 3 saturated carbocycles. The van der Waals surface area contributed by atoms with Gasteiger partial charge in [0, 0.05) is 0 Å². The second-order valence-corrected chi connectivity index (χ2v) is 25.0. The molecule has 0 aliphatic heterocycles. The molecular formula is C48H66Si. The van der Waals surface area contributed by atoms with Gasteiger partial charge in [0.25, 0.3) is 0 Å². The largest absolute Gasteiger partial charge is 0.0808 e. The van der Waals surface area contributed by atoms with Crippen molar-refractivity contribution in [2.45, 2.75) is 136 Å². The smallest absolute Gasteiger partial charge is 0.0553 e. The topological polar surface area (TPSA) is 0 Å². The van der Waals surface area contributed by atoms with Crippen molar-refractivity contribution in [1.29, 1.82) is 0 Å². The zero-order valence-electron chi connectivity index (χ0n) is 32.9. The van der Waals surface area contributed by atoms with Gasteiger partial charge in [-0.2, -0.15) is 0 Å². The first-order chi connectivity index (χ1) is 23.1. The molecule has 49 heavy (non-hydrogen) atoms. The lowest BCUT2D eigenvalue weighted by atomic mass is 9.71. The fraction of sp³-hybridized carbons (Fsp3) is 0.583. The summed E-state index contributed by atoms with van der Waals surface area (Å²) in [5, 5.41) is 0. The predicted octanol–water partition coefficient (Wildman–Crippen LogP) is 13.8. The highest BCUT2D eigenvalue weighted by atomic mass is 28.3. The summed E-state index contributed by atoms with van der Waals surface area (Å²) < 4.78 is 0. The number of benzene rings is 2. The molecule has 0 bridgehead atoms. The summed E-state index contributed by atoms with van der Waals surface area (Å²) in [4.78, 5) is 0. The Morgan fingerprint density at radius 2 is 1.29 bits per heavy atom. The van der Waals surface area contributed by atoms with Crippen molar-refractivity contribution in [2.24, 2.45) is 41.4 Å². The molecule has 0 amide bonds. The molecular weight excluding hydrogens is 605 g/mol. The highest BCUT2D eigenvalue weighted by molar-refractivity contribution is 6.80. The number of hydrogen-bond donors (Lipinski definition) is 0. The Hall–Kier alpha value is -2.38. The summed E-state index contributed by atoms with van der Waals surface area (Å²) in [5.41, 5.74) is 14.7. The zero-order chi connectivity index (χ0) is 35.0. The summed E-state index contributed by atoms with van der Waals surface area (Å²) in [5.74, 6) is 4.99. The molecule has 8 atom stereocenters. The SMILES string of the molecule is CC(C)C1C[C@H]2C(c3ccc(C(C)(C)C)cc3)=CC=CC2[C@@H]1[Si](C)(C)C1C(C)C[C@H]2C(c3ccc(C(C)(C)C)cc3)=C3CCCCC3=CC12. The number of hydrogen-bond acceptors (Lipinski definition) is 0. The van der Waals surface area contributed by atoms with E-state index >= 15 is 0 Å². The summed E-state index contributed by atoms with van der Waals surface area (Å²) in [7, 11) is -1.77. The van der Waals surface area contributed by atoms with Crippen molar-refractivity contribution in [3.05, 3.63) is 106 Å². The number of rotatable bonds is 5. The van der Waals surface area contributed by atoms with E-state index in [1.165, 1.54) is 60.8 Å². The highest BCUT2D eigenvalue weighted by Crippen LogP contribution is 2.67. The van der Waals surface area contributed by atoms with Crippen molar-refractivity contribution >= 4 is 19.2 Å². The predicted molar refractivity (Wildman–Crippen MR) is 217 cm³/mol. The van der Waals surface area contributed by atoms with E-state index in [4.69, 9.17) is 0 Å². The maximum Gasteiger partial charge on any atom is 0.0553 e. The Bertz CT molecular complexity index is 1660. The van der Waals surface area contributed by atoms with E-state index in [0.717, 1.165) is 28.8 Å². The molecule has 0 radical (unpaired) electrons. The molecule has 5 unspecified atom stereocenters. The summed E-state index contributed by atoms with van der Waals surface area (Å²) in [6.07, 6.45) is 18.5. The van der Waals surface area contributed by atoms with Crippen LogP contribution in [0.15, 0.2) is 84.0 Å². The van der Waals surface area contributed by atoms with Crippen LogP contribution in [0.3, 0.4) is 0 Å². The monoisotopic (exact) mass is 670 g/mol. The van der Waals surface area contributed by atoms with Crippen LogP contribution in [0.1, 0.15) is 123 Å². The molecule has 0 heterocycles. The Labute approximate surface area is 301 Å². The van der Waals surface area contributed by atoms with E-state index in [-0.39, 0.29) is 10.8 Å². The molecule has 2 aromatic carbocycles. The second-order valence-electron chi connectivity index (χ2n) is 20.1. The van der Waals surface area contributed by atoms with E-state index in [0.29, 0.717) is 23.7 Å². The first-order valence-electron chi connectivity index (χ1n) is 20.1.